The number of rotatable bonds is 6. The molecular weight excluding hydrogens is 395 g/mol. The molecule has 1 N–H and O–H groups in total. The molecule has 0 unspecified atom stereocenters. The lowest BCUT2D eigenvalue weighted by Gasteiger charge is -2.37. The highest BCUT2D eigenvalue weighted by atomic mass is 19.1. The van der Waals surface area contributed by atoms with Gasteiger partial charge in [0.05, 0.1) is 32.5 Å². The van der Waals surface area contributed by atoms with Gasteiger partial charge in [-0.25, -0.2) is 4.39 Å². The third kappa shape index (κ3) is 4.39. The number of amides is 1. The van der Waals surface area contributed by atoms with Crippen LogP contribution in [0.1, 0.15) is 22.7 Å². The van der Waals surface area contributed by atoms with Gasteiger partial charge < -0.3 is 14.8 Å². The van der Waals surface area contributed by atoms with Crippen LogP contribution in [0.15, 0.2) is 66.7 Å². The number of hydrogen-bond acceptors (Lipinski definition) is 4. The molecule has 3 aromatic carbocycles. The van der Waals surface area contributed by atoms with Crippen molar-refractivity contribution >= 4 is 11.6 Å². The van der Waals surface area contributed by atoms with E-state index < -0.39 is 5.82 Å². The fourth-order valence-corrected chi connectivity index (χ4v) is 4.13. The van der Waals surface area contributed by atoms with Crippen LogP contribution >= 0.6 is 0 Å². The molecule has 3 aromatic rings. The summed E-state index contributed by atoms with van der Waals surface area (Å²) >= 11 is 0. The molecule has 5 nitrogen and oxygen atoms in total. The molecule has 0 aliphatic carbocycles. The second-order valence-corrected chi connectivity index (χ2v) is 7.47. The molecule has 0 bridgehead atoms. The predicted octanol–water partition coefficient (Wildman–Crippen LogP) is 4.43. The number of ether oxygens (including phenoxy) is 2. The Morgan fingerprint density at radius 1 is 1.03 bits per heavy atom. The van der Waals surface area contributed by atoms with Crippen LogP contribution in [0.2, 0.25) is 0 Å². The van der Waals surface area contributed by atoms with Crippen LogP contribution in [0.25, 0.3) is 0 Å². The van der Waals surface area contributed by atoms with Gasteiger partial charge in [-0.2, -0.15) is 0 Å². The van der Waals surface area contributed by atoms with E-state index in [4.69, 9.17) is 9.47 Å². The number of carbonyl (C=O) groups excluding carboxylic acids is 1. The van der Waals surface area contributed by atoms with Crippen molar-refractivity contribution in [2.45, 2.75) is 12.5 Å². The SMILES string of the molecule is COc1cc2c(cc1OC)[C@H](c1ccccc1)N(CC(=O)Nc1ccccc1F)CC2. The summed E-state index contributed by atoms with van der Waals surface area (Å²) in [6.45, 7) is 0.828. The summed E-state index contributed by atoms with van der Waals surface area (Å²) in [5.74, 6) is 0.643. The third-order valence-corrected chi connectivity index (χ3v) is 5.58. The average Bonchev–Trinajstić information content (AvgIpc) is 2.80. The molecule has 4 rings (SSSR count). The Bertz CT molecular complexity index is 1070. The zero-order valence-corrected chi connectivity index (χ0v) is 17.6. The van der Waals surface area contributed by atoms with Gasteiger partial charge >= 0.3 is 0 Å². The Balaban J connectivity index is 1.66. The standard InChI is InChI=1S/C25H25FN2O3/c1-30-22-14-18-12-13-28(16-24(29)27-21-11-7-6-10-20(21)26)25(17-8-4-3-5-9-17)19(18)15-23(22)31-2/h3-11,14-15,25H,12-13,16H2,1-2H3,(H,27,29)/t25-/m0/s1. The summed E-state index contributed by atoms with van der Waals surface area (Å²) in [5, 5.41) is 2.69. The van der Waals surface area contributed by atoms with Crippen molar-refractivity contribution in [2.75, 3.05) is 32.6 Å². The number of benzene rings is 3. The maximum Gasteiger partial charge on any atom is 0.238 e. The molecule has 0 saturated heterocycles. The maximum absolute atomic E-state index is 14.0. The van der Waals surface area contributed by atoms with Crippen LogP contribution < -0.4 is 14.8 Å². The van der Waals surface area contributed by atoms with E-state index in [0.717, 1.165) is 23.1 Å². The molecule has 1 atom stereocenters. The lowest BCUT2D eigenvalue weighted by Crippen LogP contribution is -2.41. The lowest BCUT2D eigenvalue weighted by molar-refractivity contribution is -0.117. The van der Waals surface area contributed by atoms with Crippen molar-refractivity contribution in [1.82, 2.24) is 4.90 Å². The smallest absolute Gasteiger partial charge is 0.238 e. The molecule has 1 aliphatic heterocycles. The molecule has 0 fully saturated rings. The van der Waals surface area contributed by atoms with E-state index in [1.165, 1.54) is 6.07 Å². The van der Waals surface area contributed by atoms with E-state index in [1.807, 2.05) is 30.3 Å². The molecule has 0 spiro atoms. The summed E-state index contributed by atoms with van der Waals surface area (Å²) in [6.07, 6.45) is 0.770. The Kier molecular flexibility index (Phi) is 6.18. The summed E-state index contributed by atoms with van der Waals surface area (Å²) in [7, 11) is 3.24. The molecule has 0 aromatic heterocycles. The molecule has 0 saturated carbocycles. The molecule has 6 heteroatoms. The fraction of sp³-hybridized carbons (Fsp3) is 0.240. The average molecular weight is 420 g/mol. The minimum Gasteiger partial charge on any atom is -0.493 e. The van der Waals surface area contributed by atoms with E-state index in [-0.39, 0.29) is 24.2 Å². The van der Waals surface area contributed by atoms with E-state index in [0.29, 0.717) is 18.0 Å². The van der Waals surface area contributed by atoms with Gasteiger partial charge in [0.2, 0.25) is 5.91 Å². The molecular formula is C25H25FN2O3. The molecule has 160 valence electrons. The maximum atomic E-state index is 14.0. The zero-order chi connectivity index (χ0) is 21.8. The van der Waals surface area contributed by atoms with Crippen molar-refractivity contribution in [3.05, 3.63) is 89.2 Å². The van der Waals surface area contributed by atoms with Crippen LogP contribution in [0.3, 0.4) is 0 Å². The predicted molar refractivity (Wildman–Crippen MR) is 118 cm³/mol. The van der Waals surface area contributed by atoms with Crippen LogP contribution in [0.4, 0.5) is 10.1 Å². The number of para-hydroxylation sites is 1. The molecule has 1 aliphatic rings. The van der Waals surface area contributed by atoms with Gasteiger partial charge in [-0.05, 0) is 47.4 Å². The largest absolute Gasteiger partial charge is 0.493 e. The van der Waals surface area contributed by atoms with E-state index in [1.54, 1.807) is 32.4 Å². The first-order valence-corrected chi connectivity index (χ1v) is 10.2. The normalized spacial score (nSPS) is 15.8. The Labute approximate surface area is 181 Å². The summed E-state index contributed by atoms with van der Waals surface area (Å²) < 4.78 is 25.0. The van der Waals surface area contributed by atoms with Crippen molar-refractivity contribution in [3.8, 4) is 11.5 Å². The summed E-state index contributed by atoms with van der Waals surface area (Å²) in [4.78, 5) is 14.9. The number of nitrogens with one attached hydrogen (secondary N) is 1. The second-order valence-electron chi connectivity index (χ2n) is 7.47. The van der Waals surface area contributed by atoms with Gasteiger partial charge in [0.15, 0.2) is 11.5 Å². The van der Waals surface area contributed by atoms with Gasteiger partial charge in [0.25, 0.3) is 0 Å². The first-order chi connectivity index (χ1) is 15.1. The zero-order valence-electron chi connectivity index (χ0n) is 17.6. The van der Waals surface area contributed by atoms with E-state index in [9.17, 15) is 9.18 Å². The van der Waals surface area contributed by atoms with Crippen molar-refractivity contribution in [3.63, 3.8) is 0 Å². The van der Waals surface area contributed by atoms with Gasteiger partial charge in [0, 0.05) is 6.54 Å². The minimum atomic E-state index is -0.448. The van der Waals surface area contributed by atoms with Crippen LogP contribution in [0.5, 0.6) is 11.5 Å². The number of carbonyl (C=O) groups is 1. The second kappa shape index (κ2) is 9.18. The van der Waals surface area contributed by atoms with Crippen LogP contribution in [-0.2, 0) is 11.2 Å². The monoisotopic (exact) mass is 420 g/mol. The van der Waals surface area contributed by atoms with Crippen LogP contribution in [0, 0.1) is 5.82 Å². The first kappa shape index (κ1) is 20.9. The number of hydrogen-bond donors (Lipinski definition) is 1. The van der Waals surface area contributed by atoms with Crippen molar-refractivity contribution < 1.29 is 18.7 Å². The fourth-order valence-electron chi connectivity index (χ4n) is 4.13. The Morgan fingerprint density at radius 3 is 2.42 bits per heavy atom. The van der Waals surface area contributed by atoms with Crippen molar-refractivity contribution in [2.24, 2.45) is 0 Å². The molecule has 1 heterocycles. The van der Waals surface area contributed by atoms with Crippen LogP contribution in [-0.4, -0.2) is 38.1 Å². The molecule has 31 heavy (non-hydrogen) atoms. The lowest BCUT2D eigenvalue weighted by atomic mass is 9.87. The molecule has 0 radical (unpaired) electrons. The van der Waals surface area contributed by atoms with Gasteiger partial charge in [0.1, 0.15) is 5.82 Å². The highest BCUT2D eigenvalue weighted by molar-refractivity contribution is 5.92. The minimum absolute atomic E-state index is 0.129. The van der Waals surface area contributed by atoms with Crippen molar-refractivity contribution in [1.29, 1.82) is 0 Å². The third-order valence-electron chi connectivity index (χ3n) is 5.58. The van der Waals surface area contributed by atoms with Gasteiger partial charge in [-0.1, -0.05) is 42.5 Å². The quantitative estimate of drug-likeness (QED) is 0.641. The highest BCUT2D eigenvalue weighted by Crippen LogP contribution is 2.40. The summed E-state index contributed by atoms with van der Waals surface area (Å²) in [5.41, 5.74) is 3.51. The Hall–Kier alpha value is -3.38. The first-order valence-electron chi connectivity index (χ1n) is 10.2. The van der Waals surface area contributed by atoms with Gasteiger partial charge in [-0.15, -0.1) is 0 Å². The van der Waals surface area contributed by atoms with E-state index >= 15 is 0 Å². The number of anilines is 1. The number of halogens is 1. The molecule has 1 amide bonds. The Morgan fingerprint density at radius 2 is 1.71 bits per heavy atom. The number of nitrogens with zero attached hydrogens (tertiary/aromatic N) is 1. The number of methoxy groups -OCH3 is 2. The highest BCUT2D eigenvalue weighted by Gasteiger charge is 2.31. The van der Waals surface area contributed by atoms with Gasteiger partial charge in [-0.3, -0.25) is 9.69 Å². The topological polar surface area (TPSA) is 50.8 Å². The van der Waals surface area contributed by atoms with E-state index in [2.05, 4.69) is 22.3 Å². The summed E-state index contributed by atoms with van der Waals surface area (Å²) in [6, 6.07) is 20.1. The number of fused-ring (bicyclic) bond motifs is 1.